The highest BCUT2D eigenvalue weighted by Crippen LogP contribution is 2.19. The van der Waals surface area contributed by atoms with Crippen LogP contribution in [0.1, 0.15) is 0 Å². The molecule has 0 spiro atoms. The summed E-state index contributed by atoms with van der Waals surface area (Å²) in [6.45, 7) is -0.338. The number of halogens is 1. The summed E-state index contributed by atoms with van der Waals surface area (Å²) >= 11 is 5.37. The van der Waals surface area contributed by atoms with Crippen molar-refractivity contribution >= 4 is 17.6 Å². The van der Waals surface area contributed by atoms with Crippen LogP contribution in [0.5, 0.6) is 0 Å². The standard InChI is InChI=1S/C9H17ClN2O6/c10-1-2-11-9(17)12-5-7(15)6(14)4(3-13)18-8(5)16/h4-8,13-16H,1-3H2,(H2,11,12,17)/t4-,5-,6+,7-,8-/m0/s1. The van der Waals surface area contributed by atoms with Crippen LogP contribution in [0.15, 0.2) is 0 Å². The highest BCUT2D eigenvalue weighted by atomic mass is 35.5. The van der Waals surface area contributed by atoms with E-state index in [9.17, 15) is 20.1 Å². The van der Waals surface area contributed by atoms with Gasteiger partial charge in [0.15, 0.2) is 6.29 Å². The predicted octanol–water partition coefficient (Wildman–Crippen LogP) is -2.68. The lowest BCUT2D eigenvalue weighted by molar-refractivity contribution is -0.252. The van der Waals surface area contributed by atoms with Crippen molar-refractivity contribution in [3.63, 3.8) is 0 Å². The number of aliphatic hydroxyl groups excluding tert-OH is 4. The number of amides is 2. The van der Waals surface area contributed by atoms with Gasteiger partial charge in [0.25, 0.3) is 0 Å². The van der Waals surface area contributed by atoms with Gasteiger partial charge in [-0.05, 0) is 0 Å². The Labute approximate surface area is 109 Å². The van der Waals surface area contributed by atoms with E-state index < -0.39 is 43.3 Å². The zero-order valence-corrected chi connectivity index (χ0v) is 10.2. The van der Waals surface area contributed by atoms with Crippen LogP contribution >= 0.6 is 11.6 Å². The maximum Gasteiger partial charge on any atom is 0.315 e. The Bertz CT molecular complexity index is 282. The van der Waals surface area contributed by atoms with Gasteiger partial charge in [0.1, 0.15) is 24.4 Å². The number of hydrogen-bond donors (Lipinski definition) is 6. The minimum atomic E-state index is -1.53. The third-order valence-electron chi connectivity index (χ3n) is 2.58. The van der Waals surface area contributed by atoms with Crippen LogP contribution in [0.4, 0.5) is 4.79 Å². The lowest BCUT2D eigenvalue weighted by Crippen LogP contribution is -2.65. The summed E-state index contributed by atoms with van der Waals surface area (Å²) in [5.74, 6) is 0.217. The SMILES string of the molecule is O=C(NCCCl)N[C@H]1[C@H](O)[C@H](O)[C@H](CO)O[C@@H]1O. The molecular weight excluding hydrogens is 268 g/mol. The second-order valence-electron chi connectivity index (χ2n) is 3.84. The number of alkyl halides is 1. The van der Waals surface area contributed by atoms with Crippen molar-refractivity contribution in [2.45, 2.75) is 30.6 Å². The summed E-state index contributed by atoms with van der Waals surface area (Å²) in [6, 6.07) is -1.85. The van der Waals surface area contributed by atoms with E-state index in [-0.39, 0.29) is 12.4 Å². The Kier molecular flexibility index (Phi) is 6.06. The maximum atomic E-state index is 11.3. The maximum absolute atomic E-state index is 11.3. The molecule has 0 bridgehead atoms. The van der Waals surface area contributed by atoms with E-state index in [1.807, 2.05) is 0 Å². The number of ether oxygens (including phenoxy) is 1. The van der Waals surface area contributed by atoms with Crippen molar-refractivity contribution in [1.82, 2.24) is 10.6 Å². The minimum Gasteiger partial charge on any atom is -0.394 e. The number of rotatable bonds is 4. The van der Waals surface area contributed by atoms with Crippen LogP contribution in [-0.4, -0.2) is 76.1 Å². The first kappa shape index (κ1) is 15.4. The minimum absolute atomic E-state index is 0.217. The first-order valence-corrected chi connectivity index (χ1v) is 5.95. The molecule has 1 rings (SSSR count). The van der Waals surface area contributed by atoms with Crippen molar-refractivity contribution in [1.29, 1.82) is 0 Å². The Morgan fingerprint density at radius 1 is 1.28 bits per heavy atom. The molecule has 0 aromatic rings. The van der Waals surface area contributed by atoms with Crippen LogP contribution in [0.3, 0.4) is 0 Å². The summed E-state index contributed by atoms with van der Waals surface area (Å²) in [6.07, 6.45) is -5.48. The molecule has 1 aliphatic heterocycles. The summed E-state index contributed by atoms with van der Waals surface area (Å²) < 4.78 is 4.86. The molecule has 8 nitrogen and oxygen atoms in total. The largest absolute Gasteiger partial charge is 0.394 e. The van der Waals surface area contributed by atoms with Gasteiger partial charge < -0.3 is 35.8 Å². The fourth-order valence-corrected chi connectivity index (χ4v) is 1.71. The molecule has 106 valence electrons. The molecule has 0 aromatic carbocycles. The van der Waals surface area contributed by atoms with E-state index in [1.54, 1.807) is 0 Å². The molecule has 6 N–H and O–H groups in total. The monoisotopic (exact) mass is 284 g/mol. The van der Waals surface area contributed by atoms with Gasteiger partial charge >= 0.3 is 6.03 Å². The van der Waals surface area contributed by atoms with E-state index in [0.29, 0.717) is 0 Å². The van der Waals surface area contributed by atoms with Crippen LogP contribution in [0.25, 0.3) is 0 Å². The number of nitrogens with one attached hydrogen (secondary N) is 2. The van der Waals surface area contributed by atoms with Gasteiger partial charge in [-0.2, -0.15) is 0 Å². The van der Waals surface area contributed by atoms with E-state index >= 15 is 0 Å². The second-order valence-corrected chi connectivity index (χ2v) is 4.22. The topological polar surface area (TPSA) is 131 Å². The third kappa shape index (κ3) is 3.67. The van der Waals surface area contributed by atoms with Crippen LogP contribution in [0.2, 0.25) is 0 Å². The van der Waals surface area contributed by atoms with Crippen molar-refractivity contribution in [2.24, 2.45) is 0 Å². The average molecular weight is 285 g/mol. The molecule has 18 heavy (non-hydrogen) atoms. The fraction of sp³-hybridized carbons (Fsp3) is 0.889. The lowest BCUT2D eigenvalue weighted by atomic mass is 9.97. The zero-order chi connectivity index (χ0) is 13.7. The molecule has 0 unspecified atom stereocenters. The van der Waals surface area contributed by atoms with E-state index in [1.165, 1.54) is 0 Å². The molecular formula is C9H17ClN2O6. The van der Waals surface area contributed by atoms with Gasteiger partial charge in [-0.3, -0.25) is 0 Å². The number of carbonyl (C=O) groups excluding carboxylic acids is 1. The molecule has 0 radical (unpaired) electrons. The number of urea groups is 1. The van der Waals surface area contributed by atoms with Gasteiger partial charge in [-0.1, -0.05) is 0 Å². The number of hydrogen-bond acceptors (Lipinski definition) is 6. The lowest BCUT2D eigenvalue weighted by Gasteiger charge is -2.40. The van der Waals surface area contributed by atoms with E-state index in [0.717, 1.165) is 0 Å². The van der Waals surface area contributed by atoms with Crippen LogP contribution in [-0.2, 0) is 4.74 Å². The number of aliphatic hydroxyl groups is 4. The molecule has 1 fully saturated rings. The average Bonchev–Trinajstić information content (AvgIpc) is 2.36. The Morgan fingerprint density at radius 2 is 1.94 bits per heavy atom. The molecule has 0 aliphatic carbocycles. The van der Waals surface area contributed by atoms with Gasteiger partial charge in [0.05, 0.1) is 6.61 Å². The zero-order valence-electron chi connectivity index (χ0n) is 9.49. The smallest absolute Gasteiger partial charge is 0.315 e. The molecule has 2 amide bonds. The fourth-order valence-electron chi connectivity index (χ4n) is 1.62. The molecule has 1 aliphatic rings. The first-order valence-electron chi connectivity index (χ1n) is 5.42. The first-order chi connectivity index (χ1) is 8.51. The van der Waals surface area contributed by atoms with Crippen molar-refractivity contribution in [2.75, 3.05) is 19.0 Å². The third-order valence-corrected chi connectivity index (χ3v) is 2.77. The van der Waals surface area contributed by atoms with Gasteiger partial charge in [-0.15, -0.1) is 11.6 Å². The highest BCUT2D eigenvalue weighted by Gasteiger charge is 2.44. The van der Waals surface area contributed by atoms with E-state index in [2.05, 4.69) is 10.6 Å². The second kappa shape index (κ2) is 7.07. The van der Waals surface area contributed by atoms with Gasteiger partial charge in [-0.25, -0.2) is 4.79 Å². The Hall–Kier alpha value is -0.640. The normalized spacial score (nSPS) is 36.2. The highest BCUT2D eigenvalue weighted by molar-refractivity contribution is 6.18. The molecule has 5 atom stereocenters. The van der Waals surface area contributed by atoms with Crippen molar-refractivity contribution in [3.8, 4) is 0 Å². The quantitative estimate of drug-likeness (QED) is 0.312. The van der Waals surface area contributed by atoms with Gasteiger partial charge in [0, 0.05) is 12.4 Å². The Morgan fingerprint density at radius 3 is 2.50 bits per heavy atom. The van der Waals surface area contributed by atoms with E-state index in [4.69, 9.17) is 21.4 Å². The number of carbonyl (C=O) groups is 1. The molecule has 1 heterocycles. The predicted molar refractivity (Wildman–Crippen MR) is 61.0 cm³/mol. The van der Waals surface area contributed by atoms with Crippen molar-refractivity contribution < 1.29 is 30.0 Å². The summed E-state index contributed by atoms with van der Waals surface area (Å²) in [7, 11) is 0. The summed E-state index contributed by atoms with van der Waals surface area (Å²) in [5, 5.41) is 42.3. The summed E-state index contributed by atoms with van der Waals surface area (Å²) in [5.41, 5.74) is 0. The van der Waals surface area contributed by atoms with Crippen LogP contribution < -0.4 is 10.6 Å². The molecule has 1 saturated heterocycles. The molecule has 0 aromatic heterocycles. The Balaban J connectivity index is 2.57. The molecule has 0 saturated carbocycles. The molecule has 9 heteroatoms. The van der Waals surface area contributed by atoms with Crippen molar-refractivity contribution in [3.05, 3.63) is 0 Å². The van der Waals surface area contributed by atoms with Gasteiger partial charge in [0.2, 0.25) is 0 Å². The van der Waals surface area contributed by atoms with Crippen LogP contribution in [0, 0.1) is 0 Å². The summed E-state index contributed by atoms with van der Waals surface area (Å²) in [4.78, 5) is 11.3.